The fourth-order valence-electron chi connectivity index (χ4n) is 16.1. The minimum absolute atomic E-state index is 0.00398. The van der Waals surface area contributed by atoms with Gasteiger partial charge in [-0.1, -0.05) is 74.3 Å². The maximum Gasteiger partial charge on any atom is 0.416 e. The van der Waals surface area contributed by atoms with E-state index >= 15 is 19.2 Å². The molecule has 14 rings (SSSR count). The van der Waals surface area contributed by atoms with E-state index in [0.717, 1.165) is 78.9 Å². The second-order valence-corrected chi connectivity index (χ2v) is 33.2. The van der Waals surface area contributed by atoms with Crippen LogP contribution in [0.3, 0.4) is 0 Å². The van der Waals surface area contributed by atoms with Crippen LogP contribution in [0.4, 0.5) is 24.5 Å². The Hall–Kier alpha value is -11.6. The molecule has 7 aromatic rings. The van der Waals surface area contributed by atoms with E-state index in [1.165, 1.54) is 50.3 Å². The Kier molecular flexibility index (Phi) is 27.7. The molecule has 0 aromatic heterocycles. The number of rotatable bonds is 19. The zero-order chi connectivity index (χ0) is 90.2. The lowest BCUT2D eigenvalue weighted by Gasteiger charge is -2.49. The molecule has 11 bridgehead atoms. The summed E-state index contributed by atoms with van der Waals surface area (Å²) in [6, 6.07) is 8.71. The van der Waals surface area contributed by atoms with Gasteiger partial charge in [-0.2, -0.15) is 13.2 Å². The molecule has 39 heteroatoms. The maximum absolute atomic E-state index is 16.3. The summed E-state index contributed by atoms with van der Waals surface area (Å²) in [6.45, 7) is 6.27. The summed E-state index contributed by atoms with van der Waals surface area (Å²) in [6.07, 6.45) is -19.4. The number of primary amides is 1. The van der Waals surface area contributed by atoms with Gasteiger partial charge in [-0.25, -0.2) is 4.79 Å². The fraction of sp³-hybridized carbons (Fsp3) is 0.400. The molecule has 2 aliphatic carbocycles. The number of anilines is 2. The molecule has 0 radical (unpaired) electrons. The van der Waals surface area contributed by atoms with Crippen LogP contribution >= 0.6 is 23.2 Å². The van der Waals surface area contributed by atoms with Crippen LogP contribution in [0.1, 0.15) is 139 Å². The van der Waals surface area contributed by atoms with Crippen LogP contribution in [0.5, 0.6) is 46.0 Å². The number of carbonyl (C=O) groups is 9. The number of alkyl halides is 3. The minimum atomic E-state index is -4.77. The Morgan fingerprint density at radius 2 is 1.35 bits per heavy atom. The zero-order valence-corrected chi connectivity index (χ0v) is 69.1. The first-order chi connectivity index (χ1) is 58.5. The van der Waals surface area contributed by atoms with Crippen molar-refractivity contribution in [2.45, 2.75) is 169 Å². The van der Waals surface area contributed by atoms with E-state index in [9.17, 15) is 88.2 Å². The third-order valence-electron chi connectivity index (χ3n) is 22.6. The van der Waals surface area contributed by atoms with Gasteiger partial charge in [0.1, 0.15) is 89.5 Å². The lowest BCUT2D eigenvalue weighted by Crippen LogP contribution is -2.62. The number of halogens is 5. The van der Waals surface area contributed by atoms with Gasteiger partial charge in [-0.05, 0) is 164 Å². The third kappa shape index (κ3) is 20.1. The first-order valence-electron chi connectivity index (χ1n) is 39.4. The van der Waals surface area contributed by atoms with Gasteiger partial charge in [-0.3, -0.25) is 38.4 Å². The Bertz CT molecular complexity index is 5300. The van der Waals surface area contributed by atoms with E-state index in [-0.39, 0.29) is 81.9 Å². The Morgan fingerprint density at radius 1 is 0.710 bits per heavy atom. The molecule has 21 N–H and O–H groups in total. The molecule has 8 amide bonds. The number of fused-ring (bicyclic) bond motifs is 15. The molecule has 18 atom stereocenters. The number of carboxylic acids is 1. The number of aliphatic carboxylic acids is 1. The van der Waals surface area contributed by atoms with Gasteiger partial charge in [-0.15, -0.1) is 0 Å². The molecule has 2 saturated carbocycles. The summed E-state index contributed by atoms with van der Waals surface area (Å²) in [4.78, 5) is 133. The summed E-state index contributed by atoms with van der Waals surface area (Å²) in [5.41, 5.74) is 1.19. The van der Waals surface area contributed by atoms with Crippen LogP contribution < -0.4 is 72.7 Å². The fourth-order valence-corrected chi connectivity index (χ4v) is 16.6. The van der Waals surface area contributed by atoms with E-state index in [1.807, 2.05) is 13.8 Å². The molecule has 0 saturated heterocycles. The van der Waals surface area contributed by atoms with Crippen LogP contribution in [-0.2, 0) is 55.8 Å². The summed E-state index contributed by atoms with van der Waals surface area (Å²) in [7, 11) is 4.52. The van der Waals surface area contributed by atoms with Crippen molar-refractivity contribution < 1.29 is 126 Å². The van der Waals surface area contributed by atoms with Crippen molar-refractivity contribution in [2.24, 2.45) is 23.5 Å². The minimum Gasteiger partial charge on any atom is -0.508 e. The number of benzene rings is 7. The van der Waals surface area contributed by atoms with Crippen LogP contribution in [0.15, 0.2) is 121 Å². The van der Waals surface area contributed by atoms with E-state index in [4.69, 9.17) is 47.9 Å². The van der Waals surface area contributed by atoms with Gasteiger partial charge in [0, 0.05) is 78.4 Å². The van der Waals surface area contributed by atoms with Gasteiger partial charge in [0.15, 0.2) is 17.5 Å². The maximum atomic E-state index is 16.3. The molecule has 5 aliphatic heterocycles. The number of nitrogens with zero attached hydrogens (tertiary/aromatic N) is 1. The number of ether oxygens (including phenoxy) is 4. The van der Waals surface area contributed by atoms with Gasteiger partial charge in [0.2, 0.25) is 47.1 Å². The molecule has 7 aromatic carbocycles. The number of aliphatic hydroxyl groups excluding tert-OH is 6. The third-order valence-corrected chi connectivity index (χ3v) is 23.2. The number of amides is 8. The smallest absolute Gasteiger partial charge is 0.416 e. The molecule has 2 fully saturated rings. The van der Waals surface area contributed by atoms with Crippen molar-refractivity contribution in [3.8, 4) is 57.1 Å². The molecule has 124 heavy (non-hydrogen) atoms. The van der Waals surface area contributed by atoms with Gasteiger partial charge in [0.05, 0.1) is 46.4 Å². The van der Waals surface area contributed by atoms with Crippen molar-refractivity contribution in [2.75, 3.05) is 38.0 Å². The second-order valence-electron chi connectivity index (χ2n) is 32.4. The van der Waals surface area contributed by atoms with Crippen LogP contribution in [0, 0.1) is 17.8 Å². The highest BCUT2D eigenvalue weighted by molar-refractivity contribution is 6.32. The van der Waals surface area contributed by atoms with Crippen molar-refractivity contribution in [3.63, 3.8) is 0 Å². The average molecular weight is 1770 g/mol. The number of nitrogens with one attached hydrogen (secondary N) is 9. The molecule has 7 aliphatic rings. The number of carboxylic acid groups (broad SMARTS) is 1. The Balaban J connectivity index is 1.00. The lowest BCUT2D eigenvalue weighted by molar-refractivity contribution is -0.206. The van der Waals surface area contributed by atoms with E-state index < -0.39 is 255 Å². The van der Waals surface area contributed by atoms with Gasteiger partial charge >= 0.3 is 12.1 Å². The van der Waals surface area contributed by atoms with Crippen molar-refractivity contribution in [3.05, 3.63) is 176 Å². The predicted octanol–water partition coefficient (Wildman–Crippen LogP) is 5.60. The highest BCUT2D eigenvalue weighted by Gasteiger charge is 2.51. The van der Waals surface area contributed by atoms with E-state index in [2.05, 4.69) is 47.9 Å². The SMILES string of the molecule is CNC(CC(C)C)C(=O)NC1C(=O)NC(CC(N)=O)C(=O)NC2C(=O)N[C@H]3C(=O)N[C@H](C(=O)N[C@@H](C(=O)O)c4cc(O)cc(O)c4-c4cc3ccc4O)[C@H](O)c3ccc(c(Cl)c3)Oc3cc2cc(c3OC2C[C@H](CO)[C@@H](O)[C@H](O)[C@H]2O[C@@H]2C[C@@H](C)[C@@H](O)[C@@](C)(NCc3cccc(NC(=O)c4cc(N(C)C)cc(C(F)(F)F)c4)c3)C2)Oc2ccc(cc2Cl)C1O. The predicted molar refractivity (Wildman–Crippen MR) is 439 cm³/mol. The zero-order valence-electron chi connectivity index (χ0n) is 67.6. The quantitative estimate of drug-likeness (QED) is 0.0468. The highest BCUT2D eigenvalue weighted by Crippen LogP contribution is 2.51. The van der Waals surface area contributed by atoms with Crippen LogP contribution in [0.25, 0.3) is 11.1 Å². The number of phenols is 3. The van der Waals surface area contributed by atoms with Crippen molar-refractivity contribution in [1.29, 1.82) is 0 Å². The summed E-state index contributed by atoms with van der Waals surface area (Å²) >= 11 is 14.4. The molecule has 6 unspecified atom stereocenters. The summed E-state index contributed by atoms with van der Waals surface area (Å²) in [5.74, 6) is -18.6. The molecule has 5 heterocycles. The topological polar surface area (TPSA) is 530 Å². The first kappa shape index (κ1) is 91.6. The number of hydrogen-bond acceptors (Lipinski definition) is 25. The summed E-state index contributed by atoms with van der Waals surface area (Å²) < 4.78 is 69.7. The Labute approximate surface area is 716 Å². The van der Waals surface area contributed by atoms with E-state index in [0.29, 0.717) is 5.56 Å². The monoisotopic (exact) mass is 1760 g/mol. The van der Waals surface area contributed by atoms with Crippen molar-refractivity contribution >= 4 is 87.8 Å². The average Bonchev–Trinajstić information content (AvgIpc) is 0.764. The molecule has 34 nitrogen and oxygen atoms in total. The summed E-state index contributed by atoms with van der Waals surface area (Å²) in [5, 5.41) is 140. The number of aromatic hydroxyl groups is 3. The number of nitrogens with two attached hydrogens (primary N) is 1. The van der Waals surface area contributed by atoms with Crippen LogP contribution in [-0.4, -0.2) is 198 Å². The second kappa shape index (κ2) is 37.4. The molecular weight excluding hydrogens is 1670 g/mol. The van der Waals surface area contributed by atoms with Crippen LogP contribution in [0.2, 0.25) is 10.0 Å². The molecule has 0 spiro atoms. The van der Waals surface area contributed by atoms with Crippen molar-refractivity contribution in [1.82, 2.24) is 42.5 Å². The largest absolute Gasteiger partial charge is 0.508 e. The van der Waals surface area contributed by atoms with Gasteiger partial charge < -0.3 is 128 Å². The number of likely N-dealkylation sites (N-methyl/N-ethyl adjacent to an activating group) is 1. The molecule has 662 valence electrons. The number of phenolic OH excluding ortho intramolecular Hbond substituents is 3. The number of aliphatic hydroxyl groups is 6. The normalized spacial score (nSPS) is 26.2. The highest BCUT2D eigenvalue weighted by atomic mass is 35.5. The first-order valence-corrected chi connectivity index (χ1v) is 40.2. The van der Waals surface area contributed by atoms with E-state index in [1.54, 1.807) is 32.0 Å². The molecular formula is C85H94Cl2F3N11O23. The van der Waals surface area contributed by atoms with Gasteiger partial charge in [0.25, 0.3) is 5.91 Å². The number of carbonyl (C=O) groups excluding carboxylic acids is 8. The standard InChI is InChI=1S/C85H94Cl2F3N11O23/c1-35(2)17-53(92-5)77(113)99-67-69(107)39-12-15-57(51(86)23-39)122-59-25-41-26-60(73(59)124-61-27-43(34-102)71(109)72(110)74(61)121-48-18-36(3)75(111)84(4,32-48)93-33-37-9-8-10-45(19-37)94-76(112)42-20-44(85(88,89)90)28-46(21-42)101(6)7)123-58-16-13-40(24-52(58)87)70(108)68-82(118)98-66(83(119)120)50-29-47(103)30-56(105)63(50)49-22-38(11-14-55(49)104)64(79(115)100-68)97-80(116)65(41)96-78(114)54(31-62(91)106)95-81(67)117/h8-16,19-26,28-30,35-36,43,48,53-54,61,64-72,74-75,92-93,102-105,107-111H,17-18,27,31-34H2,1-7H3,(H2,91,106)(H,94,112)(H,95,117)(H,96,114)(H,97,116)(H,98,118)(H,99,113)(H,100,115)(H,119,120)/t36-,43-,48-,53?,54?,61?,64-,65?,66-,67?,68+,69?,70-,71-,72+,74+,75-,84+/m1/s1. The Morgan fingerprint density at radius 3 is 1.96 bits per heavy atom. The number of hydrogen-bond donors (Lipinski definition) is 20. The lowest BCUT2D eigenvalue weighted by atomic mass is 9.73.